The van der Waals surface area contributed by atoms with Gasteiger partial charge in [-0.15, -0.1) is 0 Å². The average Bonchev–Trinajstić information content (AvgIpc) is 3.53. The predicted octanol–water partition coefficient (Wildman–Crippen LogP) is 3.61. The van der Waals surface area contributed by atoms with Crippen molar-refractivity contribution in [3.63, 3.8) is 0 Å². The molecular weight excluding hydrogens is 348 g/mol. The van der Waals surface area contributed by atoms with Crippen LogP contribution < -0.4 is 10.2 Å². The number of amides is 1. The van der Waals surface area contributed by atoms with Crippen LogP contribution in [0.25, 0.3) is 0 Å². The van der Waals surface area contributed by atoms with E-state index >= 15 is 0 Å². The molecule has 2 unspecified atom stereocenters. The van der Waals surface area contributed by atoms with Gasteiger partial charge in [0.25, 0.3) is 0 Å². The van der Waals surface area contributed by atoms with E-state index in [4.69, 9.17) is 11.6 Å². The van der Waals surface area contributed by atoms with Crippen molar-refractivity contribution in [3.05, 3.63) is 53.3 Å². The van der Waals surface area contributed by atoms with Crippen LogP contribution in [-0.4, -0.2) is 29.0 Å². The van der Waals surface area contributed by atoms with E-state index in [1.54, 1.807) is 12.4 Å². The average molecular weight is 371 g/mol. The molecule has 1 amide bonds. The Bertz CT molecular complexity index is 748. The molecule has 1 aromatic heterocycles. The van der Waals surface area contributed by atoms with Crippen molar-refractivity contribution >= 4 is 23.5 Å². The number of halogens is 1. The Morgan fingerprint density at radius 2 is 1.88 bits per heavy atom. The second-order valence-electron chi connectivity index (χ2n) is 7.21. The lowest BCUT2D eigenvalue weighted by Gasteiger charge is -2.33. The highest BCUT2D eigenvalue weighted by Crippen LogP contribution is 2.41. The fourth-order valence-electron chi connectivity index (χ4n) is 3.67. The second kappa shape index (κ2) is 7.62. The van der Waals surface area contributed by atoms with E-state index in [9.17, 15) is 4.79 Å². The van der Waals surface area contributed by atoms with Gasteiger partial charge in [0, 0.05) is 30.5 Å². The van der Waals surface area contributed by atoms with E-state index in [1.165, 1.54) is 12.8 Å². The highest BCUT2D eigenvalue weighted by molar-refractivity contribution is 6.30. The Hall–Kier alpha value is -2.14. The SMILES string of the molecule is O=C(NC(c1ccc(Cl)cc1)C1CC1)C1CCCN(c2ncccn2)C1. The number of nitrogens with zero attached hydrogens (tertiary/aromatic N) is 3. The van der Waals surface area contributed by atoms with Gasteiger partial charge in [-0.05, 0) is 55.4 Å². The molecule has 5 nitrogen and oxygen atoms in total. The molecule has 1 N–H and O–H groups in total. The molecule has 136 valence electrons. The van der Waals surface area contributed by atoms with Gasteiger partial charge in [-0.2, -0.15) is 0 Å². The Morgan fingerprint density at radius 3 is 2.58 bits per heavy atom. The zero-order valence-electron chi connectivity index (χ0n) is 14.6. The number of nitrogens with one attached hydrogen (secondary N) is 1. The van der Waals surface area contributed by atoms with Crippen molar-refractivity contribution < 1.29 is 4.79 Å². The number of benzene rings is 1. The van der Waals surface area contributed by atoms with Gasteiger partial charge in [-0.25, -0.2) is 9.97 Å². The van der Waals surface area contributed by atoms with Crippen molar-refractivity contribution in [1.29, 1.82) is 0 Å². The molecule has 0 radical (unpaired) electrons. The highest BCUT2D eigenvalue weighted by Gasteiger charge is 2.35. The number of aromatic nitrogens is 2. The normalized spacial score (nSPS) is 21.3. The fraction of sp³-hybridized carbons (Fsp3) is 0.450. The van der Waals surface area contributed by atoms with Gasteiger partial charge in [0.15, 0.2) is 0 Å². The van der Waals surface area contributed by atoms with Crippen molar-refractivity contribution in [2.75, 3.05) is 18.0 Å². The van der Waals surface area contributed by atoms with Gasteiger partial charge >= 0.3 is 0 Å². The minimum Gasteiger partial charge on any atom is -0.349 e. The number of rotatable bonds is 5. The standard InChI is InChI=1S/C20H23ClN4O/c21-17-8-6-15(7-9-17)18(14-4-5-14)24-19(26)16-3-1-12-25(13-16)20-22-10-2-11-23-20/h2,6-11,14,16,18H,1,3-5,12-13H2,(H,24,26). The van der Waals surface area contributed by atoms with Gasteiger partial charge in [-0.1, -0.05) is 23.7 Å². The monoisotopic (exact) mass is 370 g/mol. The third kappa shape index (κ3) is 3.98. The quantitative estimate of drug-likeness (QED) is 0.873. The number of piperidine rings is 1. The second-order valence-corrected chi connectivity index (χ2v) is 7.65. The topological polar surface area (TPSA) is 58.1 Å². The van der Waals surface area contributed by atoms with Crippen LogP contribution in [0.5, 0.6) is 0 Å². The summed E-state index contributed by atoms with van der Waals surface area (Å²) in [7, 11) is 0. The lowest BCUT2D eigenvalue weighted by Crippen LogP contribution is -2.44. The molecule has 4 rings (SSSR count). The molecule has 1 aromatic carbocycles. The molecule has 2 heterocycles. The molecule has 6 heteroatoms. The third-order valence-corrected chi connectivity index (χ3v) is 5.50. The number of hydrogen-bond acceptors (Lipinski definition) is 4. The van der Waals surface area contributed by atoms with E-state index in [2.05, 4.69) is 20.2 Å². The van der Waals surface area contributed by atoms with Crippen molar-refractivity contribution in [3.8, 4) is 0 Å². The molecule has 26 heavy (non-hydrogen) atoms. The first kappa shape index (κ1) is 17.3. The van der Waals surface area contributed by atoms with Crippen LogP contribution in [0, 0.1) is 11.8 Å². The summed E-state index contributed by atoms with van der Waals surface area (Å²) in [4.78, 5) is 23.7. The van der Waals surface area contributed by atoms with E-state index < -0.39 is 0 Å². The molecule has 2 fully saturated rings. The summed E-state index contributed by atoms with van der Waals surface area (Å²) in [5.74, 6) is 1.36. The molecule has 0 bridgehead atoms. The molecule has 1 saturated heterocycles. The summed E-state index contributed by atoms with van der Waals surface area (Å²) in [6.07, 6.45) is 7.72. The van der Waals surface area contributed by atoms with Crippen LogP contribution in [-0.2, 0) is 4.79 Å². The summed E-state index contributed by atoms with van der Waals surface area (Å²) >= 11 is 6.01. The van der Waals surface area contributed by atoms with Crippen LogP contribution in [0.2, 0.25) is 5.02 Å². The van der Waals surface area contributed by atoms with Gasteiger partial charge in [0.05, 0.1) is 12.0 Å². The minimum absolute atomic E-state index is 0.0268. The fourth-order valence-corrected chi connectivity index (χ4v) is 3.80. The van der Waals surface area contributed by atoms with E-state index in [-0.39, 0.29) is 17.9 Å². The highest BCUT2D eigenvalue weighted by atomic mass is 35.5. The number of carbonyl (C=O) groups excluding carboxylic acids is 1. The summed E-state index contributed by atoms with van der Waals surface area (Å²) < 4.78 is 0. The van der Waals surface area contributed by atoms with Gasteiger partial charge in [-0.3, -0.25) is 4.79 Å². The molecule has 0 spiro atoms. The Balaban J connectivity index is 1.43. The first-order valence-corrected chi connectivity index (χ1v) is 9.66. The molecule has 2 aliphatic rings. The molecular formula is C20H23ClN4O. The zero-order valence-corrected chi connectivity index (χ0v) is 15.4. The van der Waals surface area contributed by atoms with Crippen molar-refractivity contribution in [2.45, 2.75) is 31.7 Å². The van der Waals surface area contributed by atoms with Crippen LogP contribution in [0.4, 0.5) is 5.95 Å². The maximum atomic E-state index is 13.0. The van der Waals surface area contributed by atoms with Gasteiger partial charge in [0.2, 0.25) is 11.9 Å². The van der Waals surface area contributed by atoms with Crippen LogP contribution in [0.15, 0.2) is 42.7 Å². The largest absolute Gasteiger partial charge is 0.349 e. The predicted molar refractivity (Wildman–Crippen MR) is 102 cm³/mol. The first-order valence-electron chi connectivity index (χ1n) is 9.28. The molecule has 1 aliphatic heterocycles. The lowest BCUT2D eigenvalue weighted by atomic mass is 9.95. The Labute approximate surface area is 158 Å². The molecule has 2 aromatic rings. The summed E-state index contributed by atoms with van der Waals surface area (Å²) in [6.45, 7) is 1.57. The Kier molecular flexibility index (Phi) is 5.07. The van der Waals surface area contributed by atoms with Crippen LogP contribution in [0.3, 0.4) is 0 Å². The van der Waals surface area contributed by atoms with E-state index in [0.717, 1.165) is 30.0 Å². The van der Waals surface area contributed by atoms with Gasteiger partial charge < -0.3 is 10.2 Å². The van der Waals surface area contributed by atoms with Crippen LogP contribution >= 0.6 is 11.6 Å². The third-order valence-electron chi connectivity index (χ3n) is 5.25. The molecule has 1 aliphatic carbocycles. The zero-order chi connectivity index (χ0) is 17.9. The maximum Gasteiger partial charge on any atom is 0.225 e. The van der Waals surface area contributed by atoms with E-state index in [0.29, 0.717) is 18.4 Å². The first-order chi connectivity index (χ1) is 12.7. The minimum atomic E-state index is -0.0268. The molecule has 1 saturated carbocycles. The number of hydrogen-bond donors (Lipinski definition) is 1. The maximum absolute atomic E-state index is 13.0. The van der Waals surface area contributed by atoms with E-state index in [1.807, 2.05) is 30.3 Å². The van der Waals surface area contributed by atoms with Crippen molar-refractivity contribution in [1.82, 2.24) is 15.3 Å². The smallest absolute Gasteiger partial charge is 0.225 e. The van der Waals surface area contributed by atoms with Crippen LogP contribution in [0.1, 0.15) is 37.3 Å². The van der Waals surface area contributed by atoms with Gasteiger partial charge in [0.1, 0.15) is 0 Å². The lowest BCUT2D eigenvalue weighted by molar-refractivity contribution is -0.126. The summed E-state index contributed by atoms with van der Waals surface area (Å²) in [5.41, 5.74) is 1.14. The summed E-state index contributed by atoms with van der Waals surface area (Å²) in [5, 5.41) is 4.03. The Morgan fingerprint density at radius 1 is 1.15 bits per heavy atom. The summed E-state index contributed by atoms with van der Waals surface area (Å²) in [6, 6.07) is 9.74. The van der Waals surface area contributed by atoms with Crippen molar-refractivity contribution in [2.24, 2.45) is 11.8 Å². The molecule has 2 atom stereocenters. The number of anilines is 1. The number of carbonyl (C=O) groups is 1.